The SMILES string of the molecule is CS/C(=C(/C#CC(C)(C)O)N=CN)c1ccc2cnccc2c1. The van der Waals surface area contributed by atoms with E-state index in [1.165, 1.54) is 6.34 Å². The van der Waals surface area contributed by atoms with Gasteiger partial charge in [0.05, 0.1) is 6.34 Å². The van der Waals surface area contributed by atoms with Gasteiger partial charge in [-0.15, -0.1) is 11.8 Å². The lowest BCUT2D eigenvalue weighted by atomic mass is 10.1. The van der Waals surface area contributed by atoms with Crippen molar-refractivity contribution < 1.29 is 5.11 Å². The molecule has 2 rings (SSSR count). The zero-order chi connectivity index (χ0) is 16.9. The van der Waals surface area contributed by atoms with Crippen LogP contribution in [0.3, 0.4) is 0 Å². The minimum absolute atomic E-state index is 0.538. The molecule has 0 unspecified atom stereocenters. The zero-order valence-electron chi connectivity index (χ0n) is 13.4. The average molecular weight is 325 g/mol. The van der Waals surface area contributed by atoms with Gasteiger partial charge < -0.3 is 10.8 Å². The molecule has 118 valence electrons. The van der Waals surface area contributed by atoms with Crippen molar-refractivity contribution in [1.82, 2.24) is 4.98 Å². The molecule has 0 aliphatic rings. The fourth-order valence-corrected chi connectivity index (χ4v) is 2.67. The van der Waals surface area contributed by atoms with E-state index >= 15 is 0 Å². The van der Waals surface area contributed by atoms with E-state index < -0.39 is 5.60 Å². The van der Waals surface area contributed by atoms with Gasteiger partial charge in [0, 0.05) is 22.7 Å². The molecule has 0 amide bonds. The Morgan fingerprint density at radius 3 is 2.78 bits per heavy atom. The van der Waals surface area contributed by atoms with E-state index in [1.54, 1.807) is 31.8 Å². The lowest BCUT2D eigenvalue weighted by molar-refractivity contribution is 0.143. The highest BCUT2D eigenvalue weighted by atomic mass is 32.2. The van der Waals surface area contributed by atoms with Gasteiger partial charge in [-0.2, -0.15) is 0 Å². The first kappa shape index (κ1) is 17.1. The summed E-state index contributed by atoms with van der Waals surface area (Å²) in [7, 11) is 0. The van der Waals surface area contributed by atoms with Crippen LogP contribution >= 0.6 is 11.8 Å². The van der Waals surface area contributed by atoms with Gasteiger partial charge in [-0.1, -0.05) is 18.1 Å². The summed E-state index contributed by atoms with van der Waals surface area (Å²) in [6.45, 7) is 3.26. The third-order valence-corrected chi connectivity index (χ3v) is 3.85. The molecule has 1 aromatic heterocycles. The molecule has 0 saturated carbocycles. The molecule has 0 spiro atoms. The quantitative estimate of drug-likeness (QED) is 0.517. The van der Waals surface area contributed by atoms with Crippen LogP contribution in [0.25, 0.3) is 15.7 Å². The summed E-state index contributed by atoms with van der Waals surface area (Å²) < 4.78 is 0. The van der Waals surface area contributed by atoms with Crippen LogP contribution in [0.15, 0.2) is 47.3 Å². The van der Waals surface area contributed by atoms with Crippen molar-refractivity contribution >= 4 is 33.8 Å². The predicted octanol–water partition coefficient (Wildman–Crippen LogP) is 3.03. The number of allylic oxidation sites excluding steroid dienone is 1. The van der Waals surface area contributed by atoms with Crippen molar-refractivity contribution in [2.24, 2.45) is 10.7 Å². The molecule has 3 N–H and O–H groups in total. The number of nitrogens with zero attached hydrogens (tertiary/aromatic N) is 2. The van der Waals surface area contributed by atoms with Crippen LogP contribution in [0.5, 0.6) is 0 Å². The van der Waals surface area contributed by atoms with Crippen molar-refractivity contribution in [2.45, 2.75) is 19.4 Å². The van der Waals surface area contributed by atoms with Crippen LogP contribution in [-0.4, -0.2) is 28.3 Å². The maximum atomic E-state index is 9.81. The Bertz CT molecular complexity index is 823. The Morgan fingerprint density at radius 1 is 1.35 bits per heavy atom. The Hall–Kier alpha value is -2.29. The number of pyridine rings is 1. The van der Waals surface area contributed by atoms with E-state index in [0.717, 1.165) is 21.2 Å². The van der Waals surface area contributed by atoms with Gasteiger partial charge in [0.2, 0.25) is 0 Å². The first-order valence-electron chi connectivity index (χ1n) is 7.07. The predicted molar refractivity (Wildman–Crippen MR) is 98.9 cm³/mol. The molecule has 0 fully saturated rings. The van der Waals surface area contributed by atoms with Crippen molar-refractivity contribution in [2.75, 3.05) is 6.26 Å². The highest BCUT2D eigenvalue weighted by Crippen LogP contribution is 2.31. The normalized spacial score (nSPS) is 12.9. The number of nitrogens with two attached hydrogens (primary N) is 1. The molecule has 0 saturated heterocycles. The molecule has 0 bridgehead atoms. The smallest absolute Gasteiger partial charge is 0.129 e. The van der Waals surface area contributed by atoms with Crippen molar-refractivity contribution in [3.8, 4) is 11.8 Å². The summed E-state index contributed by atoms with van der Waals surface area (Å²) in [6.07, 6.45) is 6.77. The van der Waals surface area contributed by atoms with Crippen LogP contribution in [0, 0.1) is 11.8 Å². The summed E-state index contributed by atoms with van der Waals surface area (Å²) in [5, 5.41) is 12.0. The van der Waals surface area contributed by atoms with Crippen LogP contribution < -0.4 is 5.73 Å². The third kappa shape index (κ3) is 4.59. The first-order chi connectivity index (χ1) is 10.9. The molecule has 5 heteroatoms. The van der Waals surface area contributed by atoms with Gasteiger partial charge in [-0.3, -0.25) is 4.98 Å². The topological polar surface area (TPSA) is 71.5 Å². The van der Waals surface area contributed by atoms with Crippen molar-refractivity contribution in [3.05, 3.63) is 47.9 Å². The Labute approximate surface area is 140 Å². The van der Waals surface area contributed by atoms with Crippen LogP contribution in [0.4, 0.5) is 0 Å². The molecule has 0 radical (unpaired) electrons. The van der Waals surface area contributed by atoms with Crippen molar-refractivity contribution in [3.63, 3.8) is 0 Å². The van der Waals surface area contributed by atoms with E-state index in [4.69, 9.17) is 5.73 Å². The number of aliphatic imine (C=N–C) groups is 1. The first-order valence-corrected chi connectivity index (χ1v) is 8.29. The maximum absolute atomic E-state index is 9.81. The molecular weight excluding hydrogens is 306 g/mol. The molecule has 1 heterocycles. The number of aliphatic hydroxyl groups is 1. The second-order valence-corrected chi connectivity index (χ2v) is 6.22. The van der Waals surface area contributed by atoms with Gasteiger partial charge in [0.15, 0.2) is 0 Å². The third-order valence-electron chi connectivity index (χ3n) is 3.01. The number of hydrogen-bond donors (Lipinski definition) is 2. The van der Waals surface area contributed by atoms with Gasteiger partial charge in [-0.25, -0.2) is 4.99 Å². The maximum Gasteiger partial charge on any atom is 0.129 e. The van der Waals surface area contributed by atoms with Crippen molar-refractivity contribution in [1.29, 1.82) is 0 Å². The standard InChI is InChI=1S/C18H19N3OS/c1-18(2,22)8-6-16(21-12-19)17(23-3)14-4-5-15-11-20-9-7-13(15)10-14/h4-5,7,9-12,22H,1-3H3,(H2,19,21)/b17-16-. The van der Waals surface area contributed by atoms with E-state index in [9.17, 15) is 5.11 Å². The minimum Gasteiger partial charge on any atom is -0.390 e. The van der Waals surface area contributed by atoms with Crippen LogP contribution in [0.2, 0.25) is 0 Å². The molecule has 0 aliphatic carbocycles. The fraction of sp³-hybridized carbons (Fsp3) is 0.222. The Balaban J connectivity index is 2.60. The number of rotatable bonds is 3. The highest BCUT2D eigenvalue weighted by molar-refractivity contribution is 8.07. The summed E-state index contributed by atoms with van der Waals surface area (Å²) >= 11 is 1.54. The number of fused-ring (bicyclic) bond motifs is 1. The van der Waals surface area contributed by atoms with E-state index in [0.29, 0.717) is 5.70 Å². The molecule has 23 heavy (non-hydrogen) atoms. The van der Waals surface area contributed by atoms with Crippen LogP contribution in [-0.2, 0) is 0 Å². The van der Waals surface area contributed by atoms with E-state index in [2.05, 4.69) is 27.9 Å². The summed E-state index contributed by atoms with van der Waals surface area (Å²) in [6, 6.07) is 8.06. The number of benzene rings is 1. The second-order valence-electron chi connectivity index (χ2n) is 5.41. The molecule has 1 aromatic carbocycles. The molecule has 0 atom stereocenters. The lowest BCUT2D eigenvalue weighted by Gasteiger charge is -2.09. The summed E-state index contributed by atoms with van der Waals surface area (Å²) in [5.41, 5.74) is 5.91. The van der Waals surface area contributed by atoms with E-state index in [-0.39, 0.29) is 0 Å². The second kappa shape index (κ2) is 7.32. The molecular formula is C18H19N3OS. The zero-order valence-corrected chi connectivity index (χ0v) is 14.2. The fourth-order valence-electron chi connectivity index (χ4n) is 2.01. The monoisotopic (exact) mass is 325 g/mol. The summed E-state index contributed by atoms with van der Waals surface area (Å²) in [4.78, 5) is 9.20. The summed E-state index contributed by atoms with van der Waals surface area (Å²) in [5.74, 6) is 5.71. The number of thioether (sulfide) groups is 1. The Kier molecular flexibility index (Phi) is 5.43. The van der Waals surface area contributed by atoms with Gasteiger partial charge in [0.1, 0.15) is 11.3 Å². The largest absolute Gasteiger partial charge is 0.390 e. The average Bonchev–Trinajstić information content (AvgIpc) is 2.52. The van der Waals surface area contributed by atoms with Gasteiger partial charge in [0.25, 0.3) is 0 Å². The van der Waals surface area contributed by atoms with E-state index in [1.807, 2.05) is 30.7 Å². The Morgan fingerprint density at radius 2 is 2.13 bits per heavy atom. The number of hydrogen-bond acceptors (Lipinski definition) is 4. The number of aromatic nitrogens is 1. The lowest BCUT2D eigenvalue weighted by Crippen LogP contribution is -2.14. The highest BCUT2D eigenvalue weighted by Gasteiger charge is 2.10. The molecule has 0 aliphatic heterocycles. The molecule has 4 nitrogen and oxygen atoms in total. The van der Waals surface area contributed by atoms with Gasteiger partial charge >= 0.3 is 0 Å². The minimum atomic E-state index is -1.09. The molecule has 2 aromatic rings. The van der Waals surface area contributed by atoms with Gasteiger partial charge in [-0.05, 0) is 49.1 Å². The van der Waals surface area contributed by atoms with Crippen LogP contribution in [0.1, 0.15) is 19.4 Å².